The molecule has 1 aliphatic rings. The van der Waals surface area contributed by atoms with Crippen LogP contribution >= 0.6 is 0 Å². The van der Waals surface area contributed by atoms with Crippen molar-refractivity contribution in [2.75, 3.05) is 0 Å². The average Bonchev–Trinajstić information content (AvgIpc) is 2.36. The standard InChI is InChI=1S/C5H5NO2.F2O/c6-4-1-2-8-5(4)3-7;1-3-2/h1-3,5-6H;. The highest BCUT2D eigenvalue weighted by molar-refractivity contribution is 6.06. The molecule has 1 unspecified atom stereocenters. The van der Waals surface area contributed by atoms with E-state index in [0.29, 0.717) is 6.29 Å². The van der Waals surface area contributed by atoms with Crippen LogP contribution in [0.25, 0.3) is 0 Å². The fourth-order valence-corrected chi connectivity index (χ4v) is 0.471. The molecular weight excluding hydrogens is 160 g/mol. The summed E-state index contributed by atoms with van der Waals surface area (Å²) in [6, 6.07) is 0. The third-order valence-electron chi connectivity index (χ3n) is 0.903. The molecule has 0 radical (unpaired) electrons. The largest absolute Gasteiger partial charge is 0.484 e. The Hall–Kier alpha value is -1.30. The van der Waals surface area contributed by atoms with Crippen molar-refractivity contribution in [3.63, 3.8) is 0 Å². The van der Waals surface area contributed by atoms with E-state index in [1.54, 1.807) is 0 Å². The minimum atomic E-state index is -0.644. The zero-order valence-electron chi connectivity index (χ0n) is 5.29. The van der Waals surface area contributed by atoms with Crippen LogP contribution in [0.2, 0.25) is 0 Å². The number of halogens is 2. The minimum absolute atomic E-state index is 0.222. The van der Waals surface area contributed by atoms with Crippen LogP contribution < -0.4 is 0 Å². The van der Waals surface area contributed by atoms with Crippen LogP contribution in [0.3, 0.4) is 0 Å². The number of carbonyl (C=O) groups excluding carboxylic acids is 1. The van der Waals surface area contributed by atoms with Gasteiger partial charge in [0.25, 0.3) is 0 Å². The molecule has 4 nitrogen and oxygen atoms in total. The summed E-state index contributed by atoms with van der Waals surface area (Å²) in [6.07, 6.45) is 2.76. The van der Waals surface area contributed by atoms with Crippen molar-refractivity contribution in [3.8, 4) is 0 Å². The van der Waals surface area contributed by atoms with Gasteiger partial charge in [-0.1, -0.05) is 0 Å². The van der Waals surface area contributed by atoms with E-state index in [1.807, 2.05) is 0 Å². The number of carbonyl (C=O) groups is 1. The van der Waals surface area contributed by atoms with Gasteiger partial charge >= 0.3 is 0 Å². The smallest absolute Gasteiger partial charge is 0.194 e. The topological polar surface area (TPSA) is 59.4 Å². The van der Waals surface area contributed by atoms with Gasteiger partial charge in [0.05, 0.1) is 12.0 Å². The van der Waals surface area contributed by atoms with E-state index >= 15 is 0 Å². The summed E-state index contributed by atoms with van der Waals surface area (Å²) in [5.41, 5.74) is 0.222. The summed E-state index contributed by atoms with van der Waals surface area (Å²) < 4.78 is 22.9. The number of ether oxygens (including phenoxy) is 1. The fraction of sp³-hybridized carbons (Fsp3) is 0.200. The molecule has 11 heavy (non-hydrogen) atoms. The monoisotopic (exact) mass is 165 g/mol. The molecule has 1 N–H and O–H groups in total. The molecule has 0 aromatic carbocycles. The van der Waals surface area contributed by atoms with E-state index in [-0.39, 0.29) is 5.71 Å². The Kier molecular flexibility index (Phi) is 4.83. The molecule has 1 atom stereocenters. The van der Waals surface area contributed by atoms with E-state index in [0.717, 1.165) is 0 Å². The molecule has 0 fully saturated rings. The van der Waals surface area contributed by atoms with Crippen molar-refractivity contribution in [2.45, 2.75) is 6.10 Å². The van der Waals surface area contributed by atoms with E-state index in [4.69, 9.17) is 14.5 Å². The lowest BCUT2D eigenvalue weighted by molar-refractivity contribution is -0.317. The maximum Gasteiger partial charge on any atom is 0.194 e. The maximum absolute atomic E-state index is 9.91. The molecule has 6 heteroatoms. The average molecular weight is 165 g/mol. The second-order valence-corrected chi connectivity index (χ2v) is 1.51. The first-order valence-electron chi connectivity index (χ1n) is 2.51. The summed E-state index contributed by atoms with van der Waals surface area (Å²) in [6.45, 7) is 0. The Morgan fingerprint density at radius 1 is 1.73 bits per heavy atom. The number of nitrogens with one attached hydrogen (secondary N) is 1. The molecule has 0 bridgehead atoms. The van der Waals surface area contributed by atoms with Crippen molar-refractivity contribution in [1.82, 2.24) is 0 Å². The molecule has 0 aromatic rings. The molecule has 62 valence electrons. The van der Waals surface area contributed by atoms with Crippen LogP contribution in [-0.4, -0.2) is 18.1 Å². The number of hydrogen-bond donors (Lipinski definition) is 1. The minimum Gasteiger partial charge on any atom is -0.484 e. The first kappa shape index (κ1) is 9.70. The van der Waals surface area contributed by atoms with Crippen molar-refractivity contribution in [1.29, 1.82) is 5.41 Å². The maximum atomic E-state index is 9.91. The summed E-state index contributed by atoms with van der Waals surface area (Å²) in [5, 5.41) is 8.21. The van der Waals surface area contributed by atoms with E-state index in [9.17, 15) is 4.79 Å². The van der Waals surface area contributed by atoms with Crippen molar-refractivity contribution < 1.29 is 23.7 Å². The van der Waals surface area contributed by atoms with E-state index < -0.39 is 6.10 Å². The molecule has 0 aromatic heterocycles. The Balaban J connectivity index is 0.000000292. The first-order valence-corrected chi connectivity index (χ1v) is 2.51. The van der Waals surface area contributed by atoms with Crippen molar-refractivity contribution in [2.24, 2.45) is 0 Å². The van der Waals surface area contributed by atoms with Gasteiger partial charge in [-0.2, -0.15) is 0 Å². The van der Waals surface area contributed by atoms with Gasteiger partial charge in [-0.25, -0.2) is 0 Å². The molecular formula is C5H5F2NO3. The van der Waals surface area contributed by atoms with Gasteiger partial charge in [0, 0.05) is 5.15 Å². The van der Waals surface area contributed by atoms with Crippen LogP contribution in [0.4, 0.5) is 9.05 Å². The Bertz CT molecular complexity index is 171. The molecule has 0 spiro atoms. The van der Waals surface area contributed by atoms with Crippen LogP contribution in [0.1, 0.15) is 0 Å². The number of aldehydes is 1. The summed E-state index contributed by atoms with van der Waals surface area (Å²) in [4.78, 5) is 9.91. The van der Waals surface area contributed by atoms with Gasteiger partial charge in [-0.3, -0.25) is 4.79 Å². The summed E-state index contributed by atoms with van der Waals surface area (Å²) in [7, 11) is 0. The predicted octanol–water partition coefficient (Wildman–Crippen LogP) is 0.890. The van der Waals surface area contributed by atoms with Gasteiger partial charge in [0.15, 0.2) is 12.4 Å². The lowest BCUT2D eigenvalue weighted by atomic mass is 10.3. The Morgan fingerprint density at radius 3 is 2.45 bits per heavy atom. The third-order valence-corrected chi connectivity index (χ3v) is 0.903. The summed E-state index contributed by atoms with van der Waals surface area (Å²) >= 11 is 0. The lowest BCUT2D eigenvalue weighted by Gasteiger charge is -1.97. The van der Waals surface area contributed by atoms with Gasteiger partial charge in [0.2, 0.25) is 0 Å². The molecule has 0 saturated heterocycles. The number of hydrogen-bond acceptors (Lipinski definition) is 4. The fourth-order valence-electron chi connectivity index (χ4n) is 0.471. The summed E-state index contributed by atoms with van der Waals surface area (Å²) in [5.74, 6) is 0. The number of rotatable bonds is 1. The van der Waals surface area contributed by atoms with Crippen molar-refractivity contribution in [3.05, 3.63) is 12.3 Å². The highest BCUT2D eigenvalue weighted by Crippen LogP contribution is 2.00. The van der Waals surface area contributed by atoms with E-state index in [1.165, 1.54) is 17.5 Å². The molecule has 0 aliphatic carbocycles. The highest BCUT2D eigenvalue weighted by Gasteiger charge is 2.14. The zero-order valence-corrected chi connectivity index (χ0v) is 5.29. The van der Waals surface area contributed by atoms with Gasteiger partial charge in [0.1, 0.15) is 0 Å². The first-order chi connectivity index (χ1) is 5.26. The van der Waals surface area contributed by atoms with Crippen LogP contribution in [0.5, 0.6) is 0 Å². The van der Waals surface area contributed by atoms with Crippen LogP contribution in [0.15, 0.2) is 12.3 Å². The van der Waals surface area contributed by atoms with Gasteiger partial charge in [-0.05, 0) is 15.1 Å². The normalized spacial score (nSPS) is 20.2. The highest BCUT2D eigenvalue weighted by atomic mass is 19.6. The van der Waals surface area contributed by atoms with Gasteiger partial charge < -0.3 is 10.1 Å². The molecule has 1 aliphatic heterocycles. The molecule has 0 saturated carbocycles. The molecule has 0 amide bonds. The molecule has 1 rings (SSSR count). The molecule has 1 heterocycles. The predicted molar refractivity (Wildman–Crippen MR) is 31.1 cm³/mol. The zero-order chi connectivity index (χ0) is 8.69. The second kappa shape index (κ2) is 5.48. The SMILES string of the molecule is FOF.N=C1C=COC1C=O. The Labute approximate surface area is 60.7 Å². The van der Waals surface area contributed by atoms with Crippen LogP contribution in [0, 0.1) is 5.41 Å². The van der Waals surface area contributed by atoms with E-state index in [2.05, 4.69) is 4.74 Å². The van der Waals surface area contributed by atoms with Gasteiger partial charge in [-0.15, -0.1) is 0 Å². The van der Waals surface area contributed by atoms with Crippen molar-refractivity contribution >= 4 is 12.0 Å². The Morgan fingerprint density at radius 2 is 2.27 bits per heavy atom. The second-order valence-electron chi connectivity index (χ2n) is 1.51. The quantitative estimate of drug-likeness (QED) is 0.587. The van der Waals surface area contributed by atoms with Crippen LogP contribution in [-0.2, 0) is 14.7 Å². The lowest BCUT2D eigenvalue weighted by Crippen LogP contribution is -2.15. The third kappa shape index (κ3) is 3.41.